The maximum atomic E-state index is 12.7. The molecule has 0 spiro atoms. The van der Waals surface area contributed by atoms with E-state index in [1.165, 1.54) is 12.8 Å². The normalized spacial score (nSPS) is 17.2. The lowest BCUT2D eigenvalue weighted by Crippen LogP contribution is -2.30. The fraction of sp³-hybridized carbons (Fsp3) is 0.526. The third-order valence-electron chi connectivity index (χ3n) is 5.10. The molecule has 1 aromatic carbocycles. The van der Waals surface area contributed by atoms with Crippen molar-refractivity contribution < 1.29 is 9.53 Å². The quantitative estimate of drug-likeness (QED) is 0.791. The van der Waals surface area contributed by atoms with Gasteiger partial charge in [0.05, 0.1) is 24.0 Å². The SMILES string of the molecule is Cc1c(C(=O)Nc2ccccc2OCC2CC2)nnn1C1CCNCC1.Cl. The van der Waals surface area contributed by atoms with E-state index >= 15 is 0 Å². The first-order valence-electron chi connectivity index (χ1n) is 9.38. The van der Waals surface area contributed by atoms with E-state index in [-0.39, 0.29) is 18.3 Å². The van der Waals surface area contributed by atoms with Gasteiger partial charge in [0.25, 0.3) is 5.91 Å². The van der Waals surface area contributed by atoms with E-state index in [1.807, 2.05) is 35.9 Å². The van der Waals surface area contributed by atoms with Gasteiger partial charge in [-0.05, 0) is 63.7 Å². The Balaban J connectivity index is 0.00000210. The zero-order chi connectivity index (χ0) is 17.9. The van der Waals surface area contributed by atoms with Crippen molar-refractivity contribution >= 4 is 24.0 Å². The molecule has 27 heavy (non-hydrogen) atoms. The molecule has 1 saturated heterocycles. The van der Waals surface area contributed by atoms with Gasteiger partial charge in [0.1, 0.15) is 5.75 Å². The van der Waals surface area contributed by atoms with Crippen LogP contribution < -0.4 is 15.4 Å². The minimum atomic E-state index is -0.245. The van der Waals surface area contributed by atoms with Crippen LogP contribution in [0.2, 0.25) is 0 Å². The molecule has 2 aliphatic rings. The number of rotatable bonds is 6. The van der Waals surface area contributed by atoms with Crippen LogP contribution in [0.1, 0.15) is 47.9 Å². The predicted molar refractivity (Wildman–Crippen MR) is 106 cm³/mol. The van der Waals surface area contributed by atoms with Gasteiger partial charge in [-0.3, -0.25) is 4.79 Å². The number of carbonyl (C=O) groups excluding carboxylic acids is 1. The van der Waals surface area contributed by atoms with E-state index in [0.29, 0.717) is 35.7 Å². The second-order valence-corrected chi connectivity index (χ2v) is 7.15. The van der Waals surface area contributed by atoms with Gasteiger partial charge in [0, 0.05) is 0 Å². The van der Waals surface area contributed by atoms with Crippen LogP contribution in [0.5, 0.6) is 5.75 Å². The summed E-state index contributed by atoms with van der Waals surface area (Å²) >= 11 is 0. The molecule has 0 atom stereocenters. The Kier molecular flexibility index (Phi) is 6.34. The average Bonchev–Trinajstić information content (AvgIpc) is 3.42. The summed E-state index contributed by atoms with van der Waals surface area (Å²) in [6, 6.07) is 7.85. The van der Waals surface area contributed by atoms with Gasteiger partial charge in [-0.15, -0.1) is 17.5 Å². The number of hydrogen-bond acceptors (Lipinski definition) is 5. The molecule has 0 unspecified atom stereocenters. The Morgan fingerprint density at radius 2 is 2.00 bits per heavy atom. The predicted octanol–water partition coefficient (Wildman–Crippen LogP) is 2.97. The van der Waals surface area contributed by atoms with Gasteiger partial charge < -0.3 is 15.4 Å². The zero-order valence-electron chi connectivity index (χ0n) is 15.5. The summed E-state index contributed by atoms with van der Waals surface area (Å²) in [5, 5.41) is 14.7. The lowest BCUT2D eigenvalue weighted by atomic mass is 10.1. The van der Waals surface area contributed by atoms with Crippen LogP contribution in [0.4, 0.5) is 5.69 Å². The molecule has 1 amide bonds. The van der Waals surface area contributed by atoms with Gasteiger partial charge >= 0.3 is 0 Å². The largest absolute Gasteiger partial charge is 0.491 e. The number of para-hydroxylation sites is 2. The maximum absolute atomic E-state index is 12.7. The summed E-state index contributed by atoms with van der Waals surface area (Å²) in [7, 11) is 0. The first kappa shape index (κ1) is 19.6. The smallest absolute Gasteiger partial charge is 0.278 e. The van der Waals surface area contributed by atoms with Crippen LogP contribution in [-0.4, -0.2) is 40.6 Å². The number of amides is 1. The Morgan fingerprint density at radius 3 is 2.74 bits per heavy atom. The molecule has 0 radical (unpaired) electrons. The molecule has 0 bridgehead atoms. The summed E-state index contributed by atoms with van der Waals surface area (Å²) < 4.78 is 7.76. The number of benzene rings is 1. The van der Waals surface area contributed by atoms with Crippen molar-refractivity contribution in [2.45, 2.75) is 38.6 Å². The molecule has 2 aromatic rings. The van der Waals surface area contributed by atoms with Crippen LogP contribution in [0.15, 0.2) is 24.3 Å². The fourth-order valence-electron chi connectivity index (χ4n) is 3.32. The van der Waals surface area contributed by atoms with E-state index in [2.05, 4.69) is 20.9 Å². The summed E-state index contributed by atoms with van der Waals surface area (Å²) in [5.41, 5.74) is 1.86. The highest BCUT2D eigenvalue weighted by molar-refractivity contribution is 6.04. The van der Waals surface area contributed by atoms with Gasteiger partial charge in [-0.25, -0.2) is 4.68 Å². The lowest BCUT2D eigenvalue weighted by Gasteiger charge is -2.23. The van der Waals surface area contributed by atoms with E-state index in [9.17, 15) is 4.79 Å². The molecule has 1 aliphatic heterocycles. The van der Waals surface area contributed by atoms with Crippen molar-refractivity contribution in [1.82, 2.24) is 20.3 Å². The molecule has 2 heterocycles. The fourth-order valence-corrected chi connectivity index (χ4v) is 3.32. The molecular weight excluding hydrogens is 366 g/mol. The molecule has 8 heteroatoms. The number of halogens is 1. The average molecular weight is 392 g/mol. The van der Waals surface area contributed by atoms with Gasteiger partial charge in [-0.1, -0.05) is 17.3 Å². The molecule has 7 nitrogen and oxygen atoms in total. The summed E-state index contributed by atoms with van der Waals surface area (Å²) in [4.78, 5) is 12.7. The third kappa shape index (κ3) is 4.59. The summed E-state index contributed by atoms with van der Waals surface area (Å²) in [6.45, 7) is 4.55. The highest BCUT2D eigenvalue weighted by Crippen LogP contribution is 2.32. The highest BCUT2D eigenvalue weighted by atomic mass is 35.5. The number of piperidine rings is 1. The number of hydrogen-bond donors (Lipinski definition) is 2. The van der Waals surface area contributed by atoms with Crippen molar-refractivity contribution in [3.8, 4) is 5.75 Å². The molecule has 2 N–H and O–H groups in total. The monoisotopic (exact) mass is 391 g/mol. The van der Waals surface area contributed by atoms with Crippen LogP contribution >= 0.6 is 12.4 Å². The highest BCUT2D eigenvalue weighted by Gasteiger charge is 2.24. The second-order valence-electron chi connectivity index (χ2n) is 7.15. The van der Waals surface area contributed by atoms with Crippen molar-refractivity contribution in [1.29, 1.82) is 0 Å². The van der Waals surface area contributed by atoms with Crippen LogP contribution in [0, 0.1) is 12.8 Å². The number of nitrogens with one attached hydrogen (secondary N) is 2. The van der Waals surface area contributed by atoms with Gasteiger partial charge in [0.2, 0.25) is 0 Å². The number of anilines is 1. The minimum absolute atomic E-state index is 0. The zero-order valence-corrected chi connectivity index (χ0v) is 16.3. The van der Waals surface area contributed by atoms with E-state index in [0.717, 1.165) is 31.6 Å². The molecule has 146 valence electrons. The van der Waals surface area contributed by atoms with Crippen LogP contribution in [0.25, 0.3) is 0 Å². The van der Waals surface area contributed by atoms with Gasteiger partial charge in [-0.2, -0.15) is 0 Å². The molecule has 4 rings (SSSR count). The second kappa shape index (κ2) is 8.71. The standard InChI is InChI=1S/C19H25N5O2.ClH/c1-13-18(22-23-24(13)15-8-10-20-11-9-15)19(25)21-16-4-2-3-5-17(16)26-12-14-6-7-14;/h2-5,14-15,20H,6-12H2,1H3,(H,21,25);1H. The first-order chi connectivity index (χ1) is 12.7. The van der Waals surface area contributed by atoms with Crippen LogP contribution in [0.3, 0.4) is 0 Å². The number of ether oxygens (including phenoxy) is 1. The first-order valence-corrected chi connectivity index (χ1v) is 9.38. The molecule has 2 fully saturated rings. The van der Waals surface area contributed by atoms with E-state index < -0.39 is 0 Å². The van der Waals surface area contributed by atoms with Crippen molar-refractivity contribution in [2.75, 3.05) is 25.0 Å². The topological polar surface area (TPSA) is 81.1 Å². The molecule has 1 aliphatic carbocycles. The summed E-state index contributed by atoms with van der Waals surface area (Å²) in [5.74, 6) is 1.12. The van der Waals surface area contributed by atoms with Crippen molar-refractivity contribution in [3.63, 3.8) is 0 Å². The van der Waals surface area contributed by atoms with Gasteiger partial charge in [0.15, 0.2) is 5.69 Å². The molecule has 1 aromatic heterocycles. The minimum Gasteiger partial charge on any atom is -0.491 e. The number of nitrogens with zero attached hydrogens (tertiary/aromatic N) is 3. The van der Waals surface area contributed by atoms with E-state index in [4.69, 9.17) is 4.74 Å². The maximum Gasteiger partial charge on any atom is 0.278 e. The Labute approximate surface area is 165 Å². The Morgan fingerprint density at radius 1 is 1.26 bits per heavy atom. The Bertz CT molecular complexity index is 784. The van der Waals surface area contributed by atoms with E-state index in [1.54, 1.807) is 0 Å². The third-order valence-corrected chi connectivity index (χ3v) is 5.10. The number of carbonyl (C=O) groups is 1. The molecular formula is C19H26ClN5O2. The molecule has 1 saturated carbocycles. The Hall–Kier alpha value is -2.12. The lowest BCUT2D eigenvalue weighted by molar-refractivity contribution is 0.102. The number of aromatic nitrogens is 3. The van der Waals surface area contributed by atoms with Crippen LogP contribution in [-0.2, 0) is 0 Å². The summed E-state index contributed by atoms with van der Waals surface area (Å²) in [6.07, 6.45) is 4.47. The van der Waals surface area contributed by atoms with Crippen molar-refractivity contribution in [3.05, 3.63) is 35.7 Å². The van der Waals surface area contributed by atoms with Crippen molar-refractivity contribution in [2.24, 2.45) is 5.92 Å².